The Balaban J connectivity index is -0.0000000450. The summed E-state index contributed by atoms with van der Waals surface area (Å²) < 4.78 is 0. The summed E-state index contributed by atoms with van der Waals surface area (Å²) in [5, 5.41) is 7.42. The summed E-state index contributed by atoms with van der Waals surface area (Å²) in [5.74, 6) is -0.833. The zero-order valence-electron chi connectivity index (χ0n) is 3.77. The van der Waals surface area contributed by atoms with Gasteiger partial charge in [0.15, 0.2) is 0 Å². The van der Waals surface area contributed by atoms with Gasteiger partial charge in [-0.15, -0.1) is 0 Å². The van der Waals surface area contributed by atoms with Crippen molar-refractivity contribution in [1.29, 1.82) is 0 Å². The summed E-state index contributed by atoms with van der Waals surface area (Å²) in [6, 6.07) is 0. The molecule has 40 valence electrons. The number of hydrogen-bond acceptors (Lipinski definition) is 1. The first-order valence-corrected chi connectivity index (χ1v) is 0.928. The van der Waals surface area contributed by atoms with Gasteiger partial charge < -0.3 is 5.11 Å². The molecule has 0 spiro atoms. The first kappa shape index (κ1) is 15.7. The molecular formula is C2H10Bi2O2. The quantitative estimate of drug-likeness (QED) is 0.394. The molecular weight excluding hydrogens is 474 g/mol. The van der Waals surface area contributed by atoms with Crippen LogP contribution in [0.2, 0.25) is 0 Å². The van der Waals surface area contributed by atoms with E-state index in [1.165, 1.54) is 0 Å². The second-order valence-corrected chi connectivity index (χ2v) is 0.519. The monoisotopic (exact) mass is 484 g/mol. The van der Waals surface area contributed by atoms with Crippen molar-refractivity contribution in [3.63, 3.8) is 0 Å². The molecule has 0 aromatic heterocycles. The minimum atomic E-state index is -0.833. The SMILES string of the molecule is CC(=O)O.[BiH3].[BiH3]. The molecule has 0 rings (SSSR count). The molecule has 0 radical (unpaired) electrons. The van der Waals surface area contributed by atoms with Crippen molar-refractivity contribution >= 4 is 58.4 Å². The molecule has 0 aromatic carbocycles. The zero-order valence-corrected chi connectivity index (χ0v) is 14.8. The van der Waals surface area contributed by atoms with Gasteiger partial charge in [-0.05, 0) is 0 Å². The van der Waals surface area contributed by atoms with Crippen LogP contribution in [-0.4, -0.2) is 63.5 Å². The summed E-state index contributed by atoms with van der Waals surface area (Å²) in [7, 11) is 0. The molecule has 0 aliphatic rings. The van der Waals surface area contributed by atoms with Gasteiger partial charge in [-0.25, -0.2) is 0 Å². The van der Waals surface area contributed by atoms with E-state index in [1.54, 1.807) is 0 Å². The van der Waals surface area contributed by atoms with Gasteiger partial charge in [0.25, 0.3) is 5.97 Å². The van der Waals surface area contributed by atoms with Gasteiger partial charge in [-0.2, -0.15) is 0 Å². The Morgan fingerprint density at radius 2 is 1.50 bits per heavy atom. The first-order chi connectivity index (χ1) is 1.73. The number of hydrogen-bond donors (Lipinski definition) is 1. The fraction of sp³-hybridized carbons (Fsp3) is 0.500. The predicted molar refractivity (Wildman–Crippen MR) is 33.2 cm³/mol. The van der Waals surface area contributed by atoms with Crippen LogP contribution in [0.15, 0.2) is 0 Å². The van der Waals surface area contributed by atoms with Crippen LogP contribution in [0.25, 0.3) is 0 Å². The van der Waals surface area contributed by atoms with E-state index < -0.39 is 5.97 Å². The molecule has 0 aromatic rings. The fourth-order valence-corrected chi connectivity index (χ4v) is 0. The summed E-state index contributed by atoms with van der Waals surface area (Å²) in [4.78, 5) is 9.00. The molecule has 0 bridgehead atoms. The van der Waals surface area contributed by atoms with E-state index in [2.05, 4.69) is 0 Å². The van der Waals surface area contributed by atoms with Crippen molar-refractivity contribution in [3.8, 4) is 0 Å². The summed E-state index contributed by atoms with van der Waals surface area (Å²) in [5.41, 5.74) is 0. The number of carbonyl (C=O) groups is 1. The van der Waals surface area contributed by atoms with Gasteiger partial charge in [0, 0.05) is 6.92 Å². The molecule has 0 aliphatic heterocycles. The fourth-order valence-electron chi connectivity index (χ4n) is 0. The Morgan fingerprint density at radius 1 is 1.50 bits per heavy atom. The number of aliphatic carboxylic acids is 1. The van der Waals surface area contributed by atoms with Crippen LogP contribution in [0, 0.1) is 0 Å². The normalized spacial score (nSPS) is 4.17. The zero-order chi connectivity index (χ0) is 3.58. The Hall–Kier alpha value is 1.24. The van der Waals surface area contributed by atoms with Crippen LogP contribution in [0.4, 0.5) is 0 Å². The molecule has 0 saturated heterocycles. The Bertz CT molecular complexity index is 32.5. The van der Waals surface area contributed by atoms with E-state index >= 15 is 0 Å². The van der Waals surface area contributed by atoms with E-state index in [0.717, 1.165) is 6.92 Å². The molecule has 0 fully saturated rings. The molecule has 0 heterocycles. The molecule has 1 N–H and O–H groups in total. The summed E-state index contributed by atoms with van der Waals surface area (Å²) in [6.07, 6.45) is 0. The molecule has 6 heavy (non-hydrogen) atoms. The maximum atomic E-state index is 9.00. The third-order valence-electron chi connectivity index (χ3n) is 0. The van der Waals surface area contributed by atoms with Crippen molar-refractivity contribution in [1.82, 2.24) is 0 Å². The minimum absolute atomic E-state index is 0. The Morgan fingerprint density at radius 3 is 1.50 bits per heavy atom. The number of carboxylic acid groups (broad SMARTS) is 1. The molecule has 0 unspecified atom stereocenters. The van der Waals surface area contributed by atoms with E-state index in [4.69, 9.17) is 9.90 Å². The van der Waals surface area contributed by atoms with Crippen LogP contribution >= 0.6 is 0 Å². The third kappa shape index (κ3) is 61.5. The maximum absolute atomic E-state index is 9.00. The molecule has 0 atom stereocenters. The van der Waals surface area contributed by atoms with Gasteiger partial charge >= 0.3 is 52.4 Å². The molecule has 4 heteroatoms. The van der Waals surface area contributed by atoms with E-state index in [0.29, 0.717) is 0 Å². The number of carboxylic acids is 1. The van der Waals surface area contributed by atoms with Gasteiger partial charge in [-0.1, -0.05) is 0 Å². The van der Waals surface area contributed by atoms with Gasteiger partial charge in [0.2, 0.25) is 0 Å². The number of rotatable bonds is 0. The van der Waals surface area contributed by atoms with Crippen LogP contribution in [-0.2, 0) is 4.79 Å². The predicted octanol–water partition coefficient (Wildman–Crippen LogP) is -2.28. The Kier molecular flexibility index (Phi) is 24.9. The van der Waals surface area contributed by atoms with Crippen molar-refractivity contribution in [3.05, 3.63) is 0 Å². The summed E-state index contributed by atoms with van der Waals surface area (Å²) in [6.45, 7) is 1.08. The Labute approximate surface area is 74.6 Å². The van der Waals surface area contributed by atoms with Crippen LogP contribution < -0.4 is 0 Å². The van der Waals surface area contributed by atoms with E-state index in [-0.39, 0.29) is 52.4 Å². The standard InChI is InChI=1S/C2H4O2.2Bi.6H/c1-2(3)4;;;;;;;;/h1H3,(H,3,4);;;;;;;;. The first-order valence-electron chi connectivity index (χ1n) is 0.928. The third-order valence-corrected chi connectivity index (χ3v) is 0. The van der Waals surface area contributed by atoms with Gasteiger partial charge in [0.1, 0.15) is 0 Å². The molecule has 2 nitrogen and oxygen atoms in total. The van der Waals surface area contributed by atoms with Gasteiger partial charge in [-0.3, -0.25) is 4.79 Å². The average Bonchev–Trinajstić information content (AvgIpc) is 0.811. The van der Waals surface area contributed by atoms with Crippen LogP contribution in [0.1, 0.15) is 6.92 Å². The van der Waals surface area contributed by atoms with Crippen LogP contribution in [0.5, 0.6) is 0 Å². The van der Waals surface area contributed by atoms with Gasteiger partial charge in [0.05, 0.1) is 0 Å². The van der Waals surface area contributed by atoms with Crippen LogP contribution in [0.3, 0.4) is 0 Å². The van der Waals surface area contributed by atoms with Crippen molar-refractivity contribution in [2.45, 2.75) is 6.92 Å². The topological polar surface area (TPSA) is 37.3 Å². The van der Waals surface area contributed by atoms with Crippen molar-refractivity contribution in [2.24, 2.45) is 0 Å². The van der Waals surface area contributed by atoms with E-state index in [9.17, 15) is 0 Å². The average molecular weight is 484 g/mol. The second-order valence-electron chi connectivity index (χ2n) is 0.519. The molecule has 0 aliphatic carbocycles. The van der Waals surface area contributed by atoms with Crippen molar-refractivity contribution < 1.29 is 9.90 Å². The van der Waals surface area contributed by atoms with E-state index in [1.807, 2.05) is 0 Å². The molecule has 0 amide bonds. The van der Waals surface area contributed by atoms with Crippen molar-refractivity contribution in [2.75, 3.05) is 0 Å². The second kappa shape index (κ2) is 9.53. The molecule has 0 saturated carbocycles. The summed E-state index contributed by atoms with van der Waals surface area (Å²) >= 11 is 0.